The molecule has 0 saturated heterocycles. The molecule has 0 radical (unpaired) electrons. The molecule has 1 amide bonds. The fraction of sp³-hybridized carbons (Fsp3) is 0.280. The molecule has 2 aromatic heterocycles. The quantitative estimate of drug-likeness (QED) is 0.426. The van der Waals surface area contributed by atoms with Gasteiger partial charge >= 0.3 is 0 Å². The second-order valence-corrected chi connectivity index (χ2v) is 9.67. The summed E-state index contributed by atoms with van der Waals surface area (Å²) >= 11 is 2.87. The van der Waals surface area contributed by atoms with Crippen LogP contribution < -0.4 is 9.47 Å². The van der Waals surface area contributed by atoms with E-state index < -0.39 is 0 Å². The molecule has 0 fully saturated rings. The van der Waals surface area contributed by atoms with Crippen molar-refractivity contribution in [3.63, 3.8) is 0 Å². The molecule has 0 unspecified atom stereocenters. The smallest absolute Gasteiger partial charge is 0.253 e. The molecule has 0 aliphatic carbocycles. The Morgan fingerprint density at radius 2 is 2.03 bits per heavy atom. The molecule has 4 rings (SSSR count). The molecule has 1 aromatic carbocycles. The zero-order valence-corrected chi connectivity index (χ0v) is 21.0. The van der Waals surface area contributed by atoms with E-state index in [1.165, 1.54) is 11.8 Å². The van der Waals surface area contributed by atoms with Crippen LogP contribution in [0.4, 0.5) is 0 Å². The summed E-state index contributed by atoms with van der Waals surface area (Å²) in [6, 6.07) is 13.5. The van der Waals surface area contributed by atoms with Crippen molar-refractivity contribution in [1.82, 2.24) is 9.99 Å². The van der Waals surface area contributed by atoms with Gasteiger partial charge in [-0.15, -0.1) is 11.3 Å². The van der Waals surface area contributed by atoms with Crippen LogP contribution in [0.25, 0.3) is 0 Å². The number of nitriles is 1. The van der Waals surface area contributed by atoms with Gasteiger partial charge in [-0.05, 0) is 54.6 Å². The standard InChI is InChI=1S/C25H24N4O3S2/c1-15-10-16(2)27-25(18(15)13-26)34-14-24(30)29-20(12-19(28-29)23-6-5-9-33-23)17-7-8-21(31-3)22(11-17)32-4/h5-11,20H,12,14H2,1-4H3/t20-/m1/s1. The number of aromatic nitrogens is 1. The van der Waals surface area contributed by atoms with Gasteiger partial charge in [0.05, 0.1) is 42.2 Å². The highest BCUT2D eigenvalue weighted by Gasteiger charge is 2.34. The van der Waals surface area contributed by atoms with E-state index in [2.05, 4.69) is 11.1 Å². The van der Waals surface area contributed by atoms with Crippen molar-refractivity contribution in [3.05, 3.63) is 69.0 Å². The summed E-state index contributed by atoms with van der Waals surface area (Å²) in [4.78, 5) is 18.9. The lowest BCUT2D eigenvalue weighted by atomic mass is 10.0. The van der Waals surface area contributed by atoms with Crippen LogP contribution >= 0.6 is 23.1 Å². The van der Waals surface area contributed by atoms with Crippen molar-refractivity contribution in [2.24, 2.45) is 5.10 Å². The molecule has 3 aromatic rings. The summed E-state index contributed by atoms with van der Waals surface area (Å²) in [7, 11) is 3.18. The summed E-state index contributed by atoms with van der Waals surface area (Å²) in [5.41, 5.74) is 3.95. The first-order valence-corrected chi connectivity index (χ1v) is 12.5. The number of ether oxygens (including phenoxy) is 2. The Kier molecular flexibility index (Phi) is 7.20. The number of benzene rings is 1. The average molecular weight is 493 g/mol. The first-order valence-electron chi connectivity index (χ1n) is 10.6. The number of thioether (sulfide) groups is 1. The van der Waals surface area contributed by atoms with Crippen molar-refractivity contribution >= 4 is 34.7 Å². The van der Waals surface area contributed by atoms with Gasteiger partial charge in [-0.25, -0.2) is 9.99 Å². The summed E-state index contributed by atoms with van der Waals surface area (Å²) in [6.07, 6.45) is 0.595. The fourth-order valence-electron chi connectivity index (χ4n) is 3.89. The Hall–Kier alpha value is -3.35. The second kappa shape index (κ2) is 10.3. The SMILES string of the molecule is COc1ccc([C@H]2CC(c3cccs3)=NN2C(=O)CSc2nc(C)cc(C)c2C#N)cc1OC. The van der Waals surface area contributed by atoms with Gasteiger partial charge in [-0.2, -0.15) is 10.4 Å². The zero-order valence-electron chi connectivity index (χ0n) is 19.4. The number of methoxy groups -OCH3 is 2. The normalized spacial score (nSPS) is 15.1. The van der Waals surface area contributed by atoms with Crippen molar-refractivity contribution in [3.8, 4) is 17.6 Å². The maximum Gasteiger partial charge on any atom is 0.253 e. The minimum absolute atomic E-state index is 0.121. The largest absolute Gasteiger partial charge is 0.493 e. The first-order chi connectivity index (χ1) is 16.4. The molecule has 1 aliphatic rings. The van der Waals surface area contributed by atoms with Gasteiger partial charge in [0.15, 0.2) is 11.5 Å². The predicted octanol–water partition coefficient (Wildman–Crippen LogP) is 5.12. The van der Waals surface area contributed by atoms with Gasteiger partial charge in [-0.3, -0.25) is 4.79 Å². The van der Waals surface area contributed by atoms with Crippen LogP contribution in [0.3, 0.4) is 0 Å². The monoisotopic (exact) mass is 492 g/mol. The number of thiophene rings is 1. The molecule has 0 saturated carbocycles. The minimum Gasteiger partial charge on any atom is -0.493 e. The van der Waals surface area contributed by atoms with E-state index in [4.69, 9.17) is 14.6 Å². The van der Waals surface area contributed by atoms with Gasteiger partial charge < -0.3 is 9.47 Å². The topological polar surface area (TPSA) is 87.8 Å². The molecular formula is C25H24N4O3S2. The number of nitrogens with zero attached hydrogens (tertiary/aromatic N) is 4. The number of carbonyl (C=O) groups excluding carboxylic acids is 1. The number of amides is 1. The number of aryl methyl sites for hydroxylation is 2. The van der Waals surface area contributed by atoms with Crippen LogP contribution in [0, 0.1) is 25.2 Å². The molecule has 9 heteroatoms. The van der Waals surface area contributed by atoms with Gasteiger partial charge in [0, 0.05) is 12.1 Å². The fourth-order valence-corrected chi connectivity index (χ4v) is 5.56. The highest BCUT2D eigenvalue weighted by atomic mass is 32.2. The van der Waals surface area contributed by atoms with E-state index in [-0.39, 0.29) is 17.7 Å². The number of carbonyl (C=O) groups is 1. The van der Waals surface area contributed by atoms with Crippen LogP contribution in [0.1, 0.15) is 39.7 Å². The second-order valence-electron chi connectivity index (χ2n) is 7.76. The van der Waals surface area contributed by atoms with Crippen LogP contribution in [0.5, 0.6) is 11.5 Å². The molecule has 1 aliphatic heterocycles. The molecule has 7 nitrogen and oxygen atoms in total. The van der Waals surface area contributed by atoms with E-state index in [0.717, 1.165) is 27.4 Å². The number of hydrogen-bond donors (Lipinski definition) is 0. The number of pyridine rings is 1. The zero-order chi connectivity index (χ0) is 24.2. The lowest BCUT2D eigenvalue weighted by Gasteiger charge is -2.23. The molecule has 174 valence electrons. The predicted molar refractivity (Wildman–Crippen MR) is 134 cm³/mol. The summed E-state index contributed by atoms with van der Waals surface area (Å²) in [5.74, 6) is 1.20. The third kappa shape index (κ3) is 4.79. The van der Waals surface area contributed by atoms with Gasteiger partial charge in [0.2, 0.25) is 0 Å². The highest BCUT2D eigenvalue weighted by molar-refractivity contribution is 8.00. The van der Waals surface area contributed by atoms with Crippen molar-refractivity contribution in [1.29, 1.82) is 5.26 Å². The Labute approximate surface area is 207 Å². The van der Waals surface area contributed by atoms with Crippen LogP contribution in [-0.2, 0) is 4.79 Å². The average Bonchev–Trinajstić information content (AvgIpc) is 3.52. The lowest BCUT2D eigenvalue weighted by Crippen LogP contribution is -2.28. The lowest BCUT2D eigenvalue weighted by molar-refractivity contribution is -0.130. The molecule has 3 heterocycles. The maximum atomic E-state index is 13.4. The molecule has 0 bridgehead atoms. The van der Waals surface area contributed by atoms with E-state index >= 15 is 0 Å². The molecule has 0 N–H and O–H groups in total. The molecule has 0 spiro atoms. The highest BCUT2D eigenvalue weighted by Crippen LogP contribution is 2.38. The van der Waals surface area contributed by atoms with Crippen molar-refractivity contribution < 1.29 is 14.3 Å². The van der Waals surface area contributed by atoms with Crippen molar-refractivity contribution in [2.75, 3.05) is 20.0 Å². The number of rotatable bonds is 7. The molecule has 34 heavy (non-hydrogen) atoms. The summed E-state index contributed by atoms with van der Waals surface area (Å²) in [6.45, 7) is 3.76. The number of hydrazone groups is 1. The van der Waals surface area contributed by atoms with Gasteiger partial charge in [-0.1, -0.05) is 23.9 Å². The van der Waals surface area contributed by atoms with Gasteiger partial charge in [0.1, 0.15) is 11.1 Å². The third-order valence-electron chi connectivity index (χ3n) is 5.52. The van der Waals surface area contributed by atoms with E-state index in [1.807, 2.05) is 55.6 Å². The van der Waals surface area contributed by atoms with Crippen molar-refractivity contribution in [2.45, 2.75) is 31.3 Å². The Bertz CT molecular complexity index is 1280. The Balaban J connectivity index is 1.63. The minimum atomic E-state index is -0.271. The van der Waals surface area contributed by atoms with Crippen LogP contribution in [-0.4, -0.2) is 41.6 Å². The Morgan fingerprint density at radius 3 is 2.71 bits per heavy atom. The van der Waals surface area contributed by atoms with E-state index in [9.17, 15) is 10.1 Å². The molecule has 1 atom stereocenters. The van der Waals surface area contributed by atoms with E-state index in [1.54, 1.807) is 30.6 Å². The summed E-state index contributed by atoms with van der Waals surface area (Å²) < 4.78 is 10.8. The van der Waals surface area contributed by atoms with E-state index in [0.29, 0.717) is 28.5 Å². The third-order valence-corrected chi connectivity index (χ3v) is 7.40. The number of hydrogen-bond acceptors (Lipinski definition) is 8. The van der Waals surface area contributed by atoms with Crippen LogP contribution in [0.2, 0.25) is 0 Å². The molecular weight excluding hydrogens is 468 g/mol. The summed E-state index contributed by atoms with van der Waals surface area (Å²) in [5, 5.41) is 18.4. The first kappa shape index (κ1) is 23.8. The Morgan fingerprint density at radius 1 is 1.24 bits per heavy atom. The van der Waals surface area contributed by atoms with Gasteiger partial charge in [0.25, 0.3) is 5.91 Å². The maximum absolute atomic E-state index is 13.4. The van der Waals surface area contributed by atoms with Crippen LogP contribution in [0.15, 0.2) is 51.9 Å².